The molecule has 1 saturated carbocycles. The third-order valence-corrected chi connectivity index (χ3v) is 3.93. The van der Waals surface area contributed by atoms with Crippen LogP contribution in [0, 0.1) is 12.5 Å². The largest absolute Gasteiger partial charge is 0.361 e. The number of nitrogens with one attached hydrogen (secondary N) is 1. The van der Waals surface area contributed by atoms with E-state index in [1.54, 1.807) is 0 Å². The molecule has 98 valence electrons. The molecule has 2 atom stereocenters. The Bertz CT molecular complexity index is 655. The Balaban J connectivity index is 1.89. The molecule has 19 heavy (non-hydrogen) atoms. The molecule has 1 N–H and O–H groups in total. The van der Waals surface area contributed by atoms with Gasteiger partial charge < -0.3 is 9.47 Å². The van der Waals surface area contributed by atoms with Crippen molar-refractivity contribution in [2.45, 2.75) is 12.3 Å². The highest BCUT2D eigenvalue weighted by molar-refractivity contribution is 5.87. The predicted octanol–water partition coefficient (Wildman–Crippen LogP) is 3.53. The Morgan fingerprint density at radius 2 is 2.16 bits per heavy atom. The van der Waals surface area contributed by atoms with Crippen LogP contribution in [0.5, 0.6) is 0 Å². The van der Waals surface area contributed by atoms with Gasteiger partial charge in [-0.3, -0.25) is 0 Å². The standard InChI is InChI=1S/C16H20N3/c1-17-12-5-6-16-14(8-12)15(9-18-16)13-7-11(13)10-19(2,3)4/h5-6,8-9,11,13,18H,7,10H2,2-4H3/q+1. The molecule has 0 spiro atoms. The van der Waals surface area contributed by atoms with Gasteiger partial charge in [0.1, 0.15) is 0 Å². The minimum Gasteiger partial charge on any atom is -0.361 e. The third-order valence-electron chi connectivity index (χ3n) is 3.93. The van der Waals surface area contributed by atoms with Crippen LogP contribution in [0.1, 0.15) is 17.9 Å². The summed E-state index contributed by atoms with van der Waals surface area (Å²) in [6, 6.07) is 5.92. The molecule has 3 heteroatoms. The lowest BCUT2D eigenvalue weighted by atomic mass is 10.1. The lowest BCUT2D eigenvalue weighted by molar-refractivity contribution is -0.872. The van der Waals surface area contributed by atoms with Crippen LogP contribution in [0.4, 0.5) is 5.69 Å². The lowest BCUT2D eigenvalue weighted by Crippen LogP contribution is -2.36. The second-order valence-electron chi connectivity index (χ2n) is 6.66. The summed E-state index contributed by atoms with van der Waals surface area (Å²) in [4.78, 5) is 6.87. The summed E-state index contributed by atoms with van der Waals surface area (Å²) in [6.45, 7) is 8.36. The molecule has 0 radical (unpaired) electrons. The number of benzene rings is 1. The number of nitrogens with zero attached hydrogens (tertiary/aromatic N) is 2. The summed E-state index contributed by atoms with van der Waals surface area (Å²) >= 11 is 0. The first-order valence-electron chi connectivity index (χ1n) is 6.77. The minimum atomic E-state index is 0.673. The lowest BCUT2D eigenvalue weighted by Gasteiger charge is -2.23. The second-order valence-corrected chi connectivity index (χ2v) is 6.66. The van der Waals surface area contributed by atoms with E-state index in [4.69, 9.17) is 6.57 Å². The summed E-state index contributed by atoms with van der Waals surface area (Å²) in [7, 11) is 6.76. The van der Waals surface area contributed by atoms with Gasteiger partial charge in [-0.1, -0.05) is 6.07 Å². The molecule has 0 aliphatic heterocycles. The minimum absolute atomic E-state index is 0.673. The molecule has 2 aromatic rings. The molecule has 0 amide bonds. The molecular weight excluding hydrogens is 234 g/mol. The van der Waals surface area contributed by atoms with E-state index < -0.39 is 0 Å². The number of H-pyrrole nitrogens is 1. The van der Waals surface area contributed by atoms with Gasteiger partial charge in [0.2, 0.25) is 0 Å². The first kappa shape index (κ1) is 12.3. The first-order chi connectivity index (χ1) is 8.98. The van der Waals surface area contributed by atoms with Crippen LogP contribution >= 0.6 is 0 Å². The SMILES string of the molecule is [C-]#[N+]c1ccc2[nH]cc(C3CC3C[N+](C)(C)C)c2c1. The van der Waals surface area contributed by atoms with E-state index >= 15 is 0 Å². The quantitative estimate of drug-likeness (QED) is 0.639. The molecule has 1 aromatic heterocycles. The van der Waals surface area contributed by atoms with Crippen LogP contribution in [-0.2, 0) is 0 Å². The Morgan fingerprint density at radius 3 is 2.84 bits per heavy atom. The van der Waals surface area contributed by atoms with Gasteiger partial charge in [0.15, 0.2) is 5.69 Å². The van der Waals surface area contributed by atoms with Crippen molar-refractivity contribution < 1.29 is 4.48 Å². The summed E-state index contributed by atoms with van der Waals surface area (Å²) in [6.07, 6.45) is 3.42. The maximum atomic E-state index is 7.14. The van der Waals surface area contributed by atoms with Crippen molar-refractivity contribution in [1.82, 2.24) is 4.98 Å². The molecule has 1 aliphatic carbocycles. The van der Waals surface area contributed by atoms with E-state index in [0.717, 1.165) is 21.6 Å². The molecular formula is C16H20N3+. The Labute approximate surface area is 114 Å². The van der Waals surface area contributed by atoms with Crippen LogP contribution < -0.4 is 0 Å². The third kappa shape index (κ3) is 2.36. The molecule has 0 bridgehead atoms. The number of hydrogen-bond donors (Lipinski definition) is 1. The highest BCUT2D eigenvalue weighted by Crippen LogP contribution is 2.50. The Kier molecular flexibility index (Phi) is 2.65. The summed E-state index contributed by atoms with van der Waals surface area (Å²) in [5.41, 5.74) is 3.29. The number of quaternary nitrogens is 1. The zero-order chi connectivity index (χ0) is 13.6. The number of rotatable bonds is 3. The fourth-order valence-corrected chi connectivity index (χ4v) is 3.04. The number of fused-ring (bicyclic) bond motifs is 1. The first-order valence-corrected chi connectivity index (χ1v) is 6.77. The Morgan fingerprint density at radius 1 is 1.37 bits per heavy atom. The molecule has 1 aromatic carbocycles. The van der Waals surface area contributed by atoms with E-state index in [0.29, 0.717) is 5.92 Å². The van der Waals surface area contributed by atoms with Crippen molar-refractivity contribution in [3.05, 3.63) is 41.4 Å². The van der Waals surface area contributed by atoms with Crippen molar-refractivity contribution >= 4 is 16.6 Å². The van der Waals surface area contributed by atoms with Crippen molar-refractivity contribution in [2.24, 2.45) is 5.92 Å². The normalized spacial score (nSPS) is 22.4. The van der Waals surface area contributed by atoms with Gasteiger partial charge in [-0.25, -0.2) is 4.85 Å². The van der Waals surface area contributed by atoms with Crippen LogP contribution in [0.15, 0.2) is 24.4 Å². The van der Waals surface area contributed by atoms with Gasteiger partial charge in [0, 0.05) is 17.6 Å². The number of aromatic amines is 1. The van der Waals surface area contributed by atoms with E-state index in [1.165, 1.54) is 23.9 Å². The predicted molar refractivity (Wildman–Crippen MR) is 78.3 cm³/mol. The van der Waals surface area contributed by atoms with Gasteiger partial charge in [-0.2, -0.15) is 0 Å². The van der Waals surface area contributed by atoms with Gasteiger partial charge >= 0.3 is 0 Å². The molecule has 2 unspecified atom stereocenters. The van der Waals surface area contributed by atoms with Crippen LogP contribution in [-0.4, -0.2) is 37.2 Å². The average molecular weight is 254 g/mol. The maximum Gasteiger partial charge on any atom is 0.187 e. The Hall–Kier alpha value is -1.79. The monoisotopic (exact) mass is 254 g/mol. The van der Waals surface area contributed by atoms with Crippen LogP contribution in [0.3, 0.4) is 0 Å². The summed E-state index contributed by atoms with van der Waals surface area (Å²) in [5, 5.41) is 1.24. The number of aromatic nitrogens is 1. The van der Waals surface area contributed by atoms with Crippen molar-refractivity contribution in [3.63, 3.8) is 0 Å². The van der Waals surface area contributed by atoms with Crippen molar-refractivity contribution in [3.8, 4) is 0 Å². The van der Waals surface area contributed by atoms with Gasteiger partial charge in [-0.15, -0.1) is 0 Å². The highest BCUT2D eigenvalue weighted by Gasteiger charge is 2.42. The topological polar surface area (TPSA) is 20.1 Å². The molecule has 1 heterocycles. The number of hydrogen-bond acceptors (Lipinski definition) is 0. The van der Waals surface area contributed by atoms with Crippen molar-refractivity contribution in [2.75, 3.05) is 27.7 Å². The van der Waals surface area contributed by atoms with Gasteiger partial charge in [0.25, 0.3) is 0 Å². The van der Waals surface area contributed by atoms with Gasteiger partial charge in [-0.05, 0) is 35.4 Å². The van der Waals surface area contributed by atoms with Crippen molar-refractivity contribution in [1.29, 1.82) is 0 Å². The zero-order valence-corrected chi connectivity index (χ0v) is 11.8. The highest BCUT2D eigenvalue weighted by atomic mass is 15.3. The van der Waals surface area contributed by atoms with Crippen LogP contribution in [0.2, 0.25) is 0 Å². The van der Waals surface area contributed by atoms with E-state index in [2.05, 4.69) is 37.2 Å². The molecule has 3 nitrogen and oxygen atoms in total. The second kappa shape index (κ2) is 4.11. The van der Waals surface area contributed by atoms with Gasteiger partial charge in [0.05, 0.1) is 34.3 Å². The van der Waals surface area contributed by atoms with Crippen LogP contribution in [0.25, 0.3) is 15.7 Å². The average Bonchev–Trinajstić information content (AvgIpc) is 2.95. The molecule has 1 fully saturated rings. The van der Waals surface area contributed by atoms with E-state index in [-0.39, 0.29) is 0 Å². The fraction of sp³-hybridized carbons (Fsp3) is 0.438. The van der Waals surface area contributed by atoms with E-state index in [9.17, 15) is 0 Å². The smallest absolute Gasteiger partial charge is 0.187 e. The molecule has 3 rings (SSSR count). The summed E-state index contributed by atoms with van der Waals surface area (Å²) < 4.78 is 1.02. The molecule has 0 saturated heterocycles. The summed E-state index contributed by atoms with van der Waals surface area (Å²) in [5.74, 6) is 1.46. The maximum absolute atomic E-state index is 7.14. The zero-order valence-electron chi connectivity index (χ0n) is 11.8. The van der Waals surface area contributed by atoms with E-state index in [1.807, 2.05) is 18.2 Å². The fourth-order valence-electron chi connectivity index (χ4n) is 3.04. The molecule has 1 aliphatic rings.